The maximum absolute atomic E-state index is 10.7. The molecule has 0 unspecified atom stereocenters. The van der Waals surface area contributed by atoms with E-state index in [1.165, 1.54) is 0 Å². The molecule has 1 N–H and O–H groups in total. The number of hydrogen-bond donors (Lipinski definition) is 1. The third-order valence-electron chi connectivity index (χ3n) is 1.46. The minimum absolute atomic E-state index is 0.189. The van der Waals surface area contributed by atoms with Crippen molar-refractivity contribution in [3.63, 3.8) is 0 Å². The molecule has 1 fully saturated rings. The molecule has 0 radical (unpaired) electrons. The van der Waals surface area contributed by atoms with Crippen molar-refractivity contribution in [2.24, 2.45) is 0 Å². The number of cyclic esters (lactones) is 1. The number of ether oxygens (including phenoxy) is 1. The van der Waals surface area contributed by atoms with E-state index < -0.39 is 6.04 Å². The molecule has 11 heavy (non-hydrogen) atoms. The molecule has 1 amide bonds. The van der Waals surface area contributed by atoms with Crippen LogP contribution in [-0.4, -0.2) is 29.4 Å². The third kappa shape index (κ3) is 1.71. The van der Waals surface area contributed by atoms with Crippen LogP contribution in [0.15, 0.2) is 0 Å². The van der Waals surface area contributed by atoms with Crippen molar-refractivity contribution in [1.82, 2.24) is 5.32 Å². The zero-order valence-corrected chi connectivity index (χ0v) is 7.55. The number of nitrogens with one attached hydrogen (secondary N) is 1. The minimum Gasteiger partial charge on any atom is -0.458 e. The van der Waals surface area contributed by atoms with Crippen LogP contribution in [0.5, 0.6) is 0 Å². The van der Waals surface area contributed by atoms with Crippen LogP contribution in [0.1, 0.15) is 6.92 Å². The van der Waals surface area contributed by atoms with Crippen molar-refractivity contribution in [3.05, 3.63) is 0 Å². The first-order valence-electron chi connectivity index (χ1n) is 3.21. The second kappa shape index (κ2) is 3.21. The molecule has 0 spiro atoms. The van der Waals surface area contributed by atoms with Gasteiger partial charge in [0.05, 0.1) is 5.33 Å². The van der Waals surface area contributed by atoms with Crippen LogP contribution in [0.2, 0.25) is 0 Å². The highest BCUT2D eigenvalue weighted by atomic mass is 79.9. The summed E-state index contributed by atoms with van der Waals surface area (Å²) in [7, 11) is 0. The van der Waals surface area contributed by atoms with Gasteiger partial charge in [-0.1, -0.05) is 15.9 Å². The summed E-state index contributed by atoms with van der Waals surface area (Å²) in [4.78, 5) is 21.4. The summed E-state index contributed by atoms with van der Waals surface area (Å²) in [5.74, 6) is -0.551. The molecule has 1 rings (SSSR count). The SMILES string of the molecule is C[C@H]1OC(=O)[C@H]1NC(=O)CBr. The fourth-order valence-electron chi connectivity index (χ4n) is 0.832. The summed E-state index contributed by atoms with van der Waals surface area (Å²) >= 11 is 2.97. The highest BCUT2D eigenvalue weighted by molar-refractivity contribution is 9.09. The van der Waals surface area contributed by atoms with Gasteiger partial charge in [-0.05, 0) is 6.92 Å². The van der Waals surface area contributed by atoms with E-state index in [9.17, 15) is 9.59 Å². The average Bonchev–Trinajstić information content (AvgIpc) is 2.00. The van der Waals surface area contributed by atoms with Gasteiger partial charge >= 0.3 is 5.97 Å². The van der Waals surface area contributed by atoms with Gasteiger partial charge < -0.3 is 10.1 Å². The van der Waals surface area contributed by atoms with Crippen LogP contribution >= 0.6 is 15.9 Å². The molecule has 1 saturated heterocycles. The molecule has 1 aliphatic heterocycles. The van der Waals surface area contributed by atoms with E-state index in [1.807, 2.05) is 0 Å². The molecule has 0 aromatic heterocycles. The van der Waals surface area contributed by atoms with Crippen LogP contribution < -0.4 is 5.32 Å². The van der Waals surface area contributed by atoms with E-state index in [-0.39, 0.29) is 23.3 Å². The Balaban J connectivity index is 2.37. The van der Waals surface area contributed by atoms with E-state index in [1.54, 1.807) is 6.92 Å². The van der Waals surface area contributed by atoms with Gasteiger partial charge in [0, 0.05) is 0 Å². The molecule has 0 aliphatic carbocycles. The predicted octanol–water partition coefficient (Wildman–Crippen LogP) is -0.189. The Morgan fingerprint density at radius 2 is 2.45 bits per heavy atom. The first-order valence-corrected chi connectivity index (χ1v) is 4.33. The van der Waals surface area contributed by atoms with Gasteiger partial charge in [-0.3, -0.25) is 4.79 Å². The lowest BCUT2D eigenvalue weighted by Gasteiger charge is -2.32. The zero-order chi connectivity index (χ0) is 8.43. The monoisotopic (exact) mass is 221 g/mol. The van der Waals surface area contributed by atoms with E-state index in [0.717, 1.165) is 0 Å². The highest BCUT2D eigenvalue weighted by Gasteiger charge is 2.39. The molecule has 1 heterocycles. The quantitative estimate of drug-likeness (QED) is 0.520. The Bertz CT molecular complexity index is 194. The van der Waals surface area contributed by atoms with Gasteiger partial charge in [-0.2, -0.15) is 0 Å². The van der Waals surface area contributed by atoms with Gasteiger partial charge in [0.15, 0.2) is 6.04 Å². The van der Waals surface area contributed by atoms with Crippen molar-refractivity contribution < 1.29 is 14.3 Å². The normalized spacial score (nSPS) is 28.7. The van der Waals surface area contributed by atoms with Gasteiger partial charge in [0.1, 0.15) is 6.10 Å². The summed E-state index contributed by atoms with van der Waals surface area (Å²) in [5.41, 5.74) is 0. The smallest absolute Gasteiger partial charge is 0.332 e. The Labute approximate surface area is 72.4 Å². The largest absolute Gasteiger partial charge is 0.458 e. The van der Waals surface area contributed by atoms with E-state index in [2.05, 4.69) is 26.0 Å². The number of amides is 1. The third-order valence-corrected chi connectivity index (χ3v) is 1.97. The van der Waals surface area contributed by atoms with Crippen LogP contribution in [0.4, 0.5) is 0 Å². The number of carbonyl (C=O) groups excluding carboxylic acids is 2. The van der Waals surface area contributed by atoms with Crippen molar-refractivity contribution in [2.45, 2.75) is 19.1 Å². The molecule has 0 aromatic carbocycles. The summed E-state index contributed by atoms with van der Waals surface area (Å²) in [6.45, 7) is 1.74. The summed E-state index contributed by atoms with van der Waals surface area (Å²) in [5, 5.41) is 2.72. The maximum Gasteiger partial charge on any atom is 0.332 e. The Morgan fingerprint density at radius 1 is 1.82 bits per heavy atom. The topological polar surface area (TPSA) is 55.4 Å². The minimum atomic E-state index is -0.444. The number of hydrogen-bond acceptors (Lipinski definition) is 3. The Morgan fingerprint density at radius 3 is 2.82 bits per heavy atom. The molecule has 0 bridgehead atoms. The zero-order valence-electron chi connectivity index (χ0n) is 5.96. The Hall–Kier alpha value is -0.580. The molecule has 4 nitrogen and oxygen atoms in total. The van der Waals surface area contributed by atoms with Crippen LogP contribution in [0, 0.1) is 0 Å². The standard InChI is InChI=1S/C6H8BrNO3/c1-3-5(6(10)11-3)8-4(9)2-7/h3,5H,2H2,1H3,(H,8,9)/t3-,5+/m1/s1. The van der Waals surface area contributed by atoms with Crippen molar-refractivity contribution in [3.8, 4) is 0 Å². The van der Waals surface area contributed by atoms with Gasteiger partial charge in [0.2, 0.25) is 5.91 Å². The van der Waals surface area contributed by atoms with Crippen LogP contribution in [0.3, 0.4) is 0 Å². The van der Waals surface area contributed by atoms with Gasteiger partial charge in [-0.25, -0.2) is 4.79 Å². The predicted molar refractivity (Wildman–Crippen MR) is 41.3 cm³/mol. The molecule has 2 atom stereocenters. The Kier molecular flexibility index (Phi) is 2.49. The first kappa shape index (κ1) is 8.52. The fourth-order valence-corrected chi connectivity index (χ4v) is 0.994. The second-order valence-corrected chi connectivity index (χ2v) is 2.88. The van der Waals surface area contributed by atoms with E-state index in [4.69, 9.17) is 0 Å². The lowest BCUT2D eigenvalue weighted by Crippen LogP contribution is -2.58. The highest BCUT2D eigenvalue weighted by Crippen LogP contribution is 2.13. The van der Waals surface area contributed by atoms with E-state index in [0.29, 0.717) is 0 Å². The summed E-state index contributed by atoms with van der Waals surface area (Å²) in [6.07, 6.45) is -0.189. The molecule has 0 saturated carbocycles. The molecule has 1 aliphatic rings. The van der Waals surface area contributed by atoms with Crippen molar-refractivity contribution in [1.29, 1.82) is 0 Å². The fraction of sp³-hybridized carbons (Fsp3) is 0.667. The average molecular weight is 222 g/mol. The first-order chi connectivity index (χ1) is 5.15. The molecular formula is C6H8BrNO3. The molecular weight excluding hydrogens is 214 g/mol. The number of carbonyl (C=O) groups is 2. The van der Waals surface area contributed by atoms with Gasteiger partial charge in [0.25, 0.3) is 0 Å². The van der Waals surface area contributed by atoms with Gasteiger partial charge in [-0.15, -0.1) is 0 Å². The van der Waals surface area contributed by atoms with Crippen molar-refractivity contribution in [2.75, 3.05) is 5.33 Å². The lowest BCUT2D eigenvalue weighted by molar-refractivity contribution is -0.175. The maximum atomic E-state index is 10.7. The van der Waals surface area contributed by atoms with Crippen LogP contribution in [-0.2, 0) is 14.3 Å². The van der Waals surface area contributed by atoms with Crippen molar-refractivity contribution >= 4 is 27.8 Å². The number of rotatable bonds is 2. The molecule has 5 heteroatoms. The second-order valence-electron chi connectivity index (χ2n) is 2.32. The molecule has 62 valence electrons. The summed E-state index contributed by atoms with van der Waals surface area (Å²) < 4.78 is 4.63. The molecule has 0 aromatic rings. The van der Waals surface area contributed by atoms with E-state index >= 15 is 0 Å². The number of esters is 1. The van der Waals surface area contributed by atoms with Crippen LogP contribution in [0.25, 0.3) is 0 Å². The number of halogens is 1. The summed E-state index contributed by atoms with van der Waals surface area (Å²) in [6, 6.07) is -0.444. The lowest BCUT2D eigenvalue weighted by atomic mass is 10.1. The number of alkyl halides is 1.